The molecule has 0 atom stereocenters. The zero-order valence-electron chi connectivity index (χ0n) is 11.4. The van der Waals surface area contributed by atoms with Crippen LogP contribution >= 0.6 is 0 Å². The van der Waals surface area contributed by atoms with Crippen molar-refractivity contribution in [1.82, 2.24) is 0 Å². The topological polar surface area (TPSA) is 37.4 Å². The Balaban J connectivity index is 2.39. The zero-order chi connectivity index (χ0) is 14.3. The molecule has 1 aliphatic rings. The van der Waals surface area contributed by atoms with Crippen molar-refractivity contribution in [3.63, 3.8) is 0 Å². The second-order valence-electron chi connectivity index (χ2n) is 5.02. The van der Waals surface area contributed by atoms with Crippen LogP contribution in [0.5, 0.6) is 0 Å². The van der Waals surface area contributed by atoms with E-state index in [9.17, 15) is 8.42 Å². The van der Waals surface area contributed by atoms with Gasteiger partial charge in [0.15, 0.2) is 0 Å². The first kappa shape index (κ1) is 12.9. The third kappa shape index (κ3) is 1.84. The molecule has 0 N–H and O–H groups in total. The summed E-state index contributed by atoms with van der Waals surface area (Å²) in [6.45, 7) is 3.99. The number of allylic oxidation sites excluding steroid dienone is 1. The molecule has 0 spiro atoms. The fraction of sp³-hybridized carbons (Fsp3) is 0.125. The van der Waals surface area contributed by atoms with Crippen LogP contribution in [0.25, 0.3) is 0 Å². The van der Waals surface area contributed by atoms with Crippen molar-refractivity contribution in [2.75, 3.05) is 4.90 Å². The van der Waals surface area contributed by atoms with Crippen molar-refractivity contribution in [3.8, 4) is 0 Å². The second-order valence-corrected chi connectivity index (χ2v) is 6.90. The van der Waals surface area contributed by atoms with E-state index >= 15 is 0 Å². The lowest BCUT2D eigenvalue weighted by Gasteiger charge is -2.30. The highest BCUT2D eigenvalue weighted by atomic mass is 32.2. The van der Waals surface area contributed by atoms with Gasteiger partial charge in [-0.2, -0.15) is 0 Å². The number of nitrogens with zero attached hydrogens (tertiary/aromatic N) is 1. The average Bonchev–Trinajstić information content (AvgIpc) is 2.44. The van der Waals surface area contributed by atoms with E-state index in [1.165, 1.54) is 0 Å². The molecule has 0 aromatic heterocycles. The Bertz CT molecular complexity index is 749. The van der Waals surface area contributed by atoms with E-state index in [1.807, 2.05) is 49.2 Å². The Kier molecular flexibility index (Phi) is 2.91. The fourth-order valence-electron chi connectivity index (χ4n) is 2.41. The number of rotatable bonds is 1. The van der Waals surface area contributed by atoms with Crippen molar-refractivity contribution in [2.45, 2.75) is 23.6 Å². The Hall–Kier alpha value is -2.07. The molecular weight excluding hydrogens is 270 g/mol. The molecule has 2 aromatic carbocycles. The standard InChI is InChI=1S/C16H15NO2S/c1-12(2)11-17-13-7-3-5-9-15(13)20(18,19)16-10-6-4-8-14(16)17/h3-11H,1-2H3. The van der Waals surface area contributed by atoms with Gasteiger partial charge in [0.2, 0.25) is 9.84 Å². The molecule has 0 fully saturated rings. The minimum absolute atomic E-state index is 0.358. The molecule has 0 bridgehead atoms. The number of fused-ring (bicyclic) bond motifs is 2. The summed E-state index contributed by atoms with van der Waals surface area (Å²) in [5.74, 6) is 0. The van der Waals surface area contributed by atoms with E-state index < -0.39 is 9.84 Å². The third-order valence-electron chi connectivity index (χ3n) is 3.22. The van der Waals surface area contributed by atoms with Gasteiger partial charge >= 0.3 is 0 Å². The highest BCUT2D eigenvalue weighted by Gasteiger charge is 2.32. The molecule has 102 valence electrons. The summed E-state index contributed by atoms with van der Waals surface area (Å²) in [4.78, 5) is 2.66. The Labute approximate surface area is 119 Å². The minimum Gasteiger partial charge on any atom is -0.315 e. The lowest BCUT2D eigenvalue weighted by molar-refractivity contribution is 0.595. The van der Waals surface area contributed by atoms with Crippen LogP contribution in [0.3, 0.4) is 0 Å². The number of hydrogen-bond acceptors (Lipinski definition) is 3. The summed E-state index contributed by atoms with van der Waals surface area (Å²) >= 11 is 0. The van der Waals surface area contributed by atoms with E-state index in [0.717, 1.165) is 5.57 Å². The van der Waals surface area contributed by atoms with Crippen LogP contribution in [0.2, 0.25) is 0 Å². The lowest BCUT2D eigenvalue weighted by atomic mass is 10.2. The van der Waals surface area contributed by atoms with Crippen molar-refractivity contribution >= 4 is 21.2 Å². The minimum atomic E-state index is -3.44. The summed E-state index contributed by atoms with van der Waals surface area (Å²) < 4.78 is 25.4. The predicted octanol–water partition coefficient (Wildman–Crippen LogP) is 3.89. The van der Waals surface area contributed by atoms with Gasteiger partial charge in [0, 0.05) is 6.20 Å². The maximum Gasteiger partial charge on any atom is 0.210 e. The monoisotopic (exact) mass is 285 g/mol. The average molecular weight is 285 g/mol. The van der Waals surface area contributed by atoms with Gasteiger partial charge in [-0.15, -0.1) is 0 Å². The summed E-state index contributed by atoms with van der Waals surface area (Å²) in [6, 6.07) is 14.2. The van der Waals surface area contributed by atoms with Crippen LogP contribution in [0.4, 0.5) is 11.4 Å². The molecule has 4 heteroatoms. The molecule has 0 saturated heterocycles. The van der Waals surface area contributed by atoms with Crippen LogP contribution in [0.15, 0.2) is 70.1 Å². The smallest absolute Gasteiger partial charge is 0.210 e. The van der Waals surface area contributed by atoms with Crippen molar-refractivity contribution in [3.05, 3.63) is 60.3 Å². The molecule has 20 heavy (non-hydrogen) atoms. The largest absolute Gasteiger partial charge is 0.315 e. The third-order valence-corrected chi connectivity index (χ3v) is 5.06. The molecule has 3 nitrogen and oxygen atoms in total. The van der Waals surface area contributed by atoms with E-state index in [2.05, 4.69) is 0 Å². The second kappa shape index (κ2) is 4.49. The molecule has 1 aliphatic heterocycles. The van der Waals surface area contributed by atoms with Crippen LogP contribution in [0.1, 0.15) is 13.8 Å². The number of hydrogen-bond donors (Lipinski definition) is 0. The van der Waals surface area contributed by atoms with E-state index in [-0.39, 0.29) is 0 Å². The van der Waals surface area contributed by atoms with Crippen LogP contribution in [-0.2, 0) is 9.84 Å². The molecule has 0 unspecified atom stereocenters. The summed E-state index contributed by atoms with van der Waals surface area (Å²) in [5, 5.41) is 0. The van der Waals surface area contributed by atoms with Gasteiger partial charge < -0.3 is 4.90 Å². The number of sulfone groups is 1. The molecule has 1 heterocycles. The van der Waals surface area contributed by atoms with Crippen LogP contribution in [0, 0.1) is 0 Å². The molecular formula is C16H15NO2S. The summed E-state index contributed by atoms with van der Waals surface area (Å²) in [5.41, 5.74) is 2.51. The van der Waals surface area contributed by atoms with Gasteiger partial charge in [0.1, 0.15) is 0 Å². The van der Waals surface area contributed by atoms with E-state index in [1.54, 1.807) is 24.3 Å². The van der Waals surface area contributed by atoms with Crippen molar-refractivity contribution < 1.29 is 8.42 Å². The highest BCUT2D eigenvalue weighted by Crippen LogP contribution is 2.44. The summed E-state index contributed by atoms with van der Waals surface area (Å²) in [7, 11) is -3.44. The number of benzene rings is 2. The molecule has 0 aliphatic carbocycles. The highest BCUT2D eigenvalue weighted by molar-refractivity contribution is 7.92. The predicted molar refractivity (Wildman–Crippen MR) is 79.9 cm³/mol. The van der Waals surface area contributed by atoms with Crippen LogP contribution in [-0.4, -0.2) is 8.42 Å². The van der Waals surface area contributed by atoms with Gasteiger partial charge in [-0.1, -0.05) is 29.8 Å². The molecule has 0 radical (unpaired) electrons. The zero-order valence-corrected chi connectivity index (χ0v) is 12.2. The molecule has 0 saturated carbocycles. The van der Waals surface area contributed by atoms with Gasteiger partial charge in [0.05, 0.1) is 21.2 Å². The first-order chi connectivity index (χ1) is 9.51. The quantitative estimate of drug-likeness (QED) is 0.797. The Morgan fingerprint density at radius 2 is 1.35 bits per heavy atom. The van der Waals surface area contributed by atoms with Crippen LogP contribution < -0.4 is 4.90 Å². The molecule has 0 amide bonds. The van der Waals surface area contributed by atoms with E-state index in [4.69, 9.17) is 0 Å². The van der Waals surface area contributed by atoms with Gasteiger partial charge in [-0.25, -0.2) is 8.42 Å². The van der Waals surface area contributed by atoms with Gasteiger partial charge in [0.25, 0.3) is 0 Å². The normalized spacial score (nSPS) is 15.2. The maximum absolute atomic E-state index is 12.7. The van der Waals surface area contributed by atoms with E-state index in [0.29, 0.717) is 21.2 Å². The van der Waals surface area contributed by atoms with Gasteiger partial charge in [-0.3, -0.25) is 0 Å². The number of para-hydroxylation sites is 2. The van der Waals surface area contributed by atoms with Crippen molar-refractivity contribution in [2.24, 2.45) is 0 Å². The first-order valence-electron chi connectivity index (χ1n) is 6.39. The molecule has 3 rings (SSSR count). The van der Waals surface area contributed by atoms with Crippen molar-refractivity contribution in [1.29, 1.82) is 0 Å². The Morgan fingerprint density at radius 1 is 0.900 bits per heavy atom. The maximum atomic E-state index is 12.7. The number of anilines is 2. The first-order valence-corrected chi connectivity index (χ1v) is 7.87. The SMILES string of the molecule is CC(C)=CN1c2ccccc2S(=O)(=O)c2ccccc21. The van der Waals surface area contributed by atoms with Gasteiger partial charge in [-0.05, 0) is 38.1 Å². The fourth-order valence-corrected chi connectivity index (χ4v) is 4.05. The summed E-state index contributed by atoms with van der Waals surface area (Å²) in [6.07, 6.45) is 1.96. The lowest BCUT2D eigenvalue weighted by Crippen LogP contribution is -2.21. The Morgan fingerprint density at radius 3 is 1.80 bits per heavy atom. The molecule has 2 aromatic rings.